The van der Waals surface area contributed by atoms with E-state index in [1.807, 2.05) is 99.9 Å². The molecule has 0 saturated carbocycles. The average Bonchev–Trinajstić information content (AvgIpc) is 1.57. The fourth-order valence-electron chi connectivity index (χ4n) is 17.4. The van der Waals surface area contributed by atoms with Crippen LogP contribution < -0.4 is 20.8 Å². The molecule has 28 nitrogen and oxygen atoms in total. The van der Waals surface area contributed by atoms with E-state index in [1.165, 1.54) is 51.8 Å². The fourth-order valence-corrected chi connectivity index (χ4v) is 33.6. The monoisotopic (exact) mass is 1840 g/mol. The average molecular weight is 1840 g/mol. The van der Waals surface area contributed by atoms with E-state index in [4.69, 9.17) is 62.2 Å². The number of unbranched alkanes of at least 4 members (excludes halogenated alkanes) is 3. The van der Waals surface area contributed by atoms with E-state index in [0.29, 0.717) is 115 Å². The number of halogens is 3. The summed E-state index contributed by atoms with van der Waals surface area (Å²) in [4.78, 5) is 71.4. The van der Waals surface area contributed by atoms with Crippen molar-refractivity contribution in [3.63, 3.8) is 0 Å². The Morgan fingerprint density at radius 2 is 0.842 bits per heavy atom. The number of aromatic nitrogens is 18. The van der Waals surface area contributed by atoms with Crippen LogP contribution in [0.15, 0.2) is 143 Å². The number of nitrogens with zero attached hydrogens (tertiary/aromatic N) is 19. The molecule has 18 rings (SSSR count). The van der Waals surface area contributed by atoms with Gasteiger partial charge in [0.15, 0.2) is 22.4 Å². The van der Waals surface area contributed by atoms with Crippen LogP contribution in [0.3, 0.4) is 0 Å². The van der Waals surface area contributed by atoms with Gasteiger partial charge in [-0.05, 0) is 91.9 Å². The third-order valence-corrected chi connectivity index (χ3v) is 40.2. The van der Waals surface area contributed by atoms with Crippen LogP contribution in [-0.2, 0) is 56.5 Å². The number of furan rings is 3. The van der Waals surface area contributed by atoms with Crippen molar-refractivity contribution in [1.29, 1.82) is 0 Å². The van der Waals surface area contributed by atoms with E-state index >= 15 is 0 Å². The van der Waals surface area contributed by atoms with Gasteiger partial charge in [0.05, 0.1) is 77.6 Å². The zero-order chi connectivity index (χ0) is 84.4. The normalized spacial score (nSPS) is 17.7. The van der Waals surface area contributed by atoms with Gasteiger partial charge in [0, 0.05) is 165 Å². The van der Waals surface area contributed by atoms with E-state index in [-0.39, 0.29) is 53.5 Å². The molecule has 120 heavy (non-hydrogen) atoms. The molecule has 0 amide bonds. The zero-order valence-corrected chi connectivity index (χ0v) is 76.0. The van der Waals surface area contributed by atoms with Crippen molar-refractivity contribution in [1.82, 2.24) is 86.6 Å². The summed E-state index contributed by atoms with van der Waals surface area (Å²) in [6, 6.07) is 10.9. The van der Waals surface area contributed by atoms with E-state index < -0.39 is 18.4 Å². The summed E-state index contributed by atoms with van der Waals surface area (Å²) < 4.78 is 59.7. The summed E-state index contributed by atoms with van der Waals surface area (Å²) in [6.07, 6.45) is 37.7. The van der Waals surface area contributed by atoms with Gasteiger partial charge in [-0.2, -0.15) is 30.2 Å². The molecule has 15 aromatic rings. The Morgan fingerprint density at radius 3 is 1.19 bits per heavy atom. The van der Waals surface area contributed by atoms with Gasteiger partial charge in [-0.25, -0.2) is 29.2 Å². The standard InChI is InChI=1S/C26H25N7O3.C25H25ClN6O3.C21H20BrClN4O3.C4H5N2.3C4H9.Sn/c1-5-17-8-16(6-7-35-17)33-24-19-9-18(21-13-31(3)14-28-21)20(27-2)10-22(19)36-25(24)23(30-26(33)34)15-11-29-32(4)12-15;1-4-16-7-15(5-6-34-16)32-23-18-8-17(20-12-30(2)13-27-20)19(26)9-21(18)35-24(23)22(29-25(32)33)14-10-28-31(3)11-14;1-3-13-6-12(4-5-29-13)27-19-14-7-15(22)16(23)8-17(14)30-20(19)18(25-21(27)28)11-9-24-26(2)10-11;1-6-3-2-5-4-6;3*1-3-4-2;/h9-14,16-17H,5-8H2,1,3-4H3;8-13,15-16H,4-7H2,1-3H3;7-10,12-13H,3-6H2,1-2H3;3-4H,1H3;3*1,3-4H2,2H3;/t16-,17-;15-,16-;12-,13-;;;;;/m000...../s1. The third-order valence-electron chi connectivity index (χ3n) is 23.6. The molecule has 0 unspecified atom stereocenters. The maximum Gasteiger partial charge on any atom is 0.349 e. The minimum atomic E-state index is -2.21. The van der Waals surface area contributed by atoms with Gasteiger partial charge in [0.25, 0.3) is 0 Å². The molecular formula is C88H102BrCl2N19O9Sn. The van der Waals surface area contributed by atoms with Crippen LogP contribution in [0.2, 0.25) is 23.4 Å². The van der Waals surface area contributed by atoms with Crippen molar-refractivity contribution < 1.29 is 27.5 Å². The number of imidazole rings is 3. The van der Waals surface area contributed by atoms with E-state index in [2.05, 4.69) is 120 Å². The molecule has 12 aromatic heterocycles. The molecule has 15 heterocycles. The minimum absolute atomic E-state index is 0.00981. The van der Waals surface area contributed by atoms with E-state index in [0.717, 1.165) is 105 Å². The molecule has 0 radical (unpaired) electrons. The summed E-state index contributed by atoms with van der Waals surface area (Å²) in [5.41, 5.74) is 11.4. The molecule has 3 aromatic carbocycles. The second-order valence-electron chi connectivity index (χ2n) is 32.1. The Labute approximate surface area is 716 Å². The predicted octanol–water partition coefficient (Wildman–Crippen LogP) is 18.9. The van der Waals surface area contributed by atoms with Gasteiger partial charge in [-0.1, -0.05) is 50.0 Å². The van der Waals surface area contributed by atoms with Crippen molar-refractivity contribution >= 4 is 133 Å². The molecule has 0 spiro atoms. The first kappa shape index (κ1) is 85.2. The fraction of sp³-hybridized carbons (Fsp3) is 0.443. The number of benzene rings is 3. The molecule has 0 bridgehead atoms. The maximum absolute atomic E-state index is 13.6. The van der Waals surface area contributed by atoms with Gasteiger partial charge < -0.3 is 36.6 Å². The van der Waals surface area contributed by atoms with Crippen LogP contribution >= 0.6 is 39.1 Å². The molecule has 3 saturated heterocycles. The summed E-state index contributed by atoms with van der Waals surface area (Å²) in [7, 11) is 11.4. The van der Waals surface area contributed by atoms with Gasteiger partial charge in [0.2, 0.25) is 0 Å². The first-order chi connectivity index (χ1) is 58.0. The molecule has 628 valence electrons. The van der Waals surface area contributed by atoms with Crippen molar-refractivity contribution in [2.75, 3.05) is 19.8 Å². The number of fused-ring (bicyclic) bond motifs is 9. The summed E-state index contributed by atoms with van der Waals surface area (Å²) in [5, 5.41) is 16.2. The van der Waals surface area contributed by atoms with Crippen LogP contribution in [0.5, 0.6) is 0 Å². The summed E-state index contributed by atoms with van der Waals surface area (Å²) in [5.74, 6) is 0. The van der Waals surface area contributed by atoms with Crippen LogP contribution in [0, 0.1) is 6.57 Å². The molecule has 6 atom stereocenters. The SMILES string of the molecule is CCC[CH2][Sn]([CH2]CCC)([CH2]CCC)[c]1cn(C)cn1.CC[C@H]1C[C@@H](n2c(=O)nc(-c3cnn(C)c3)c3oc4cc(Cl)c(-c5cn(C)cn5)cc4c32)CCO1.CC[C@H]1C[C@@H](n2c(=O)nc(-c3cnn(C)c3)c3oc4cc(Cl)c(Br)cc4c32)CCO1.[C-]#[N+]c1cc2oc3c(-c4cnn(C)c4)nc(=O)n([C@H]4CCO[C@@H](CC)C4)c3c2cc1-c1cn(C)cn1. The smallest absolute Gasteiger partial charge is 0.349 e. The number of hydrogen-bond acceptors (Lipinski definition) is 18. The minimum Gasteiger partial charge on any atom is -0.453 e. The molecular weight excluding hydrogens is 1740 g/mol. The first-order valence-electron chi connectivity index (χ1n) is 41.7. The zero-order valence-electron chi connectivity index (χ0n) is 70.0. The van der Waals surface area contributed by atoms with Gasteiger partial charge in [-0.3, -0.25) is 27.7 Å². The summed E-state index contributed by atoms with van der Waals surface area (Å²) in [6.45, 7) is 22.8. The molecule has 0 N–H and O–H groups in total. The van der Waals surface area contributed by atoms with E-state index in [1.54, 1.807) is 80.9 Å². The molecule has 3 fully saturated rings. The van der Waals surface area contributed by atoms with Gasteiger partial charge >= 0.3 is 141 Å². The maximum atomic E-state index is 13.6. The second-order valence-corrected chi connectivity index (χ2v) is 46.8. The Kier molecular flexibility index (Phi) is 26.2. The van der Waals surface area contributed by atoms with Crippen molar-refractivity contribution in [2.24, 2.45) is 42.3 Å². The molecule has 32 heteroatoms. The Bertz CT molecular complexity index is 6440. The van der Waals surface area contributed by atoms with Gasteiger partial charge in [0.1, 0.15) is 50.4 Å². The number of ether oxygens (including phenoxy) is 3. The van der Waals surface area contributed by atoms with Crippen LogP contribution in [0.25, 0.3) is 127 Å². The largest absolute Gasteiger partial charge is 0.453 e. The van der Waals surface area contributed by atoms with Crippen LogP contribution in [-0.4, -0.2) is 143 Å². The number of hydrogen-bond donors (Lipinski definition) is 0. The van der Waals surface area contributed by atoms with Crippen molar-refractivity contribution in [2.45, 2.75) is 188 Å². The molecule has 3 aliphatic rings. The summed E-state index contributed by atoms with van der Waals surface area (Å²) >= 11 is 14.3. The van der Waals surface area contributed by atoms with E-state index in [9.17, 15) is 14.4 Å². The van der Waals surface area contributed by atoms with Crippen molar-refractivity contribution in [3.8, 4) is 56.3 Å². The Balaban J connectivity index is 0.000000128. The quantitative estimate of drug-likeness (QED) is 0.0477. The Morgan fingerprint density at radius 1 is 0.475 bits per heavy atom. The Hall–Kier alpha value is -9.81. The van der Waals surface area contributed by atoms with Crippen LogP contribution in [0.1, 0.15) is 156 Å². The second kappa shape index (κ2) is 36.9. The number of aryl methyl sites for hydroxylation is 6. The first-order valence-corrected chi connectivity index (χ1v) is 50.8. The van der Waals surface area contributed by atoms with Gasteiger partial charge in [-0.15, -0.1) is 0 Å². The third kappa shape index (κ3) is 17.4. The topological polar surface area (TPSA) is 283 Å². The molecule has 3 aliphatic heterocycles. The molecule has 0 aliphatic carbocycles. The van der Waals surface area contributed by atoms with Crippen molar-refractivity contribution in [3.05, 3.63) is 169 Å². The predicted molar refractivity (Wildman–Crippen MR) is 475 cm³/mol. The number of rotatable bonds is 21. The van der Waals surface area contributed by atoms with Crippen LogP contribution in [0.4, 0.5) is 5.69 Å².